The van der Waals surface area contributed by atoms with Crippen molar-refractivity contribution in [3.63, 3.8) is 0 Å². The highest BCUT2D eigenvalue weighted by atomic mass is 16.6. The van der Waals surface area contributed by atoms with Gasteiger partial charge in [-0.05, 0) is 60.6 Å². The highest BCUT2D eigenvalue weighted by Gasteiger charge is 2.54. The van der Waals surface area contributed by atoms with Crippen molar-refractivity contribution in [2.75, 3.05) is 6.61 Å². The summed E-state index contributed by atoms with van der Waals surface area (Å²) in [6.45, 7) is 4.58. The number of hydrogen-bond donors (Lipinski definition) is 4. The second-order valence-electron chi connectivity index (χ2n) is 8.79. The Hall–Kier alpha value is -3.49. The summed E-state index contributed by atoms with van der Waals surface area (Å²) in [4.78, 5) is 35.4. The Morgan fingerprint density at radius 1 is 1.06 bits per heavy atom. The molecule has 4 N–H and O–H groups in total. The Labute approximate surface area is 190 Å². The molecule has 4 atom stereocenters. The third-order valence-electron chi connectivity index (χ3n) is 6.64. The van der Waals surface area contributed by atoms with Crippen molar-refractivity contribution in [2.45, 2.75) is 31.6 Å². The van der Waals surface area contributed by atoms with Crippen molar-refractivity contribution in [1.82, 2.24) is 5.32 Å². The molecule has 2 aromatic carbocycles. The summed E-state index contributed by atoms with van der Waals surface area (Å²) < 4.78 is 5.50. The van der Waals surface area contributed by atoms with E-state index in [1.807, 2.05) is 0 Å². The lowest BCUT2D eigenvalue weighted by Gasteiger charge is -2.30. The molecule has 1 amide bonds. The van der Waals surface area contributed by atoms with Gasteiger partial charge < -0.3 is 25.4 Å². The standard InChI is InChI=1S/C25H25NO7/c1-14-10-19-13-33-24(32)25(19,11-14)12-15-2-4-17(5-3-15)21(27)26-20(23(30)31)16-6-8-18(9-7-16)22(28)29/h2-9,19-20,24,32H,1,10-13H2,(H,26,27)(H,28,29)(H,30,31). The molecule has 2 aromatic rings. The molecule has 1 saturated heterocycles. The number of rotatable bonds is 7. The molecule has 2 aliphatic rings. The summed E-state index contributed by atoms with van der Waals surface area (Å²) in [5.74, 6) is -2.73. The number of carbonyl (C=O) groups is 3. The van der Waals surface area contributed by atoms with Gasteiger partial charge in [0.15, 0.2) is 12.3 Å². The van der Waals surface area contributed by atoms with Crippen LogP contribution in [0.2, 0.25) is 0 Å². The van der Waals surface area contributed by atoms with Crippen molar-refractivity contribution >= 4 is 17.8 Å². The van der Waals surface area contributed by atoms with Crippen LogP contribution in [-0.2, 0) is 16.0 Å². The van der Waals surface area contributed by atoms with Crippen LogP contribution in [0.25, 0.3) is 0 Å². The molecule has 4 rings (SSSR count). The Morgan fingerprint density at radius 3 is 2.30 bits per heavy atom. The van der Waals surface area contributed by atoms with E-state index in [0.717, 1.165) is 17.6 Å². The molecule has 172 valence electrons. The average molecular weight is 451 g/mol. The van der Waals surface area contributed by atoms with E-state index in [4.69, 9.17) is 9.84 Å². The second kappa shape index (κ2) is 8.80. The van der Waals surface area contributed by atoms with E-state index in [1.54, 1.807) is 24.3 Å². The summed E-state index contributed by atoms with van der Waals surface area (Å²) in [6.07, 6.45) is 1.27. The normalized spacial score (nSPS) is 24.8. The number of benzene rings is 2. The van der Waals surface area contributed by atoms with Gasteiger partial charge in [-0.1, -0.05) is 36.4 Å². The molecule has 33 heavy (non-hydrogen) atoms. The minimum absolute atomic E-state index is 0.0233. The minimum Gasteiger partial charge on any atom is -0.479 e. The van der Waals surface area contributed by atoms with Crippen molar-refractivity contribution < 1.29 is 34.4 Å². The van der Waals surface area contributed by atoms with Gasteiger partial charge in [-0.2, -0.15) is 0 Å². The van der Waals surface area contributed by atoms with Crippen LogP contribution in [0.3, 0.4) is 0 Å². The van der Waals surface area contributed by atoms with E-state index in [2.05, 4.69) is 11.9 Å². The van der Waals surface area contributed by atoms with Gasteiger partial charge >= 0.3 is 11.9 Å². The fourth-order valence-corrected chi connectivity index (χ4v) is 4.89. The summed E-state index contributed by atoms with van der Waals surface area (Å²) in [7, 11) is 0. The fraction of sp³-hybridized carbons (Fsp3) is 0.320. The molecule has 1 aliphatic carbocycles. The zero-order chi connectivity index (χ0) is 23.8. The summed E-state index contributed by atoms with van der Waals surface area (Å²) >= 11 is 0. The van der Waals surface area contributed by atoms with Gasteiger partial charge in [-0.25, -0.2) is 9.59 Å². The first-order valence-corrected chi connectivity index (χ1v) is 10.6. The lowest BCUT2D eigenvalue weighted by Crippen LogP contribution is -2.35. The van der Waals surface area contributed by atoms with Crippen molar-refractivity contribution in [3.05, 3.63) is 82.9 Å². The van der Waals surface area contributed by atoms with Crippen LogP contribution in [0.4, 0.5) is 0 Å². The van der Waals surface area contributed by atoms with Gasteiger partial charge in [0.1, 0.15) is 0 Å². The van der Waals surface area contributed by atoms with Crippen LogP contribution in [0.5, 0.6) is 0 Å². The molecular weight excluding hydrogens is 426 g/mol. The number of carboxylic acid groups (broad SMARTS) is 2. The Morgan fingerprint density at radius 2 is 1.70 bits per heavy atom. The number of nitrogens with one attached hydrogen (secondary N) is 1. The molecule has 0 bridgehead atoms. The lowest BCUT2D eigenvalue weighted by molar-refractivity contribution is -0.139. The number of carbonyl (C=O) groups excluding carboxylic acids is 1. The van der Waals surface area contributed by atoms with Crippen molar-refractivity contribution in [3.8, 4) is 0 Å². The third kappa shape index (κ3) is 4.40. The lowest BCUT2D eigenvalue weighted by atomic mass is 9.74. The van der Waals surface area contributed by atoms with E-state index < -0.39 is 35.6 Å². The van der Waals surface area contributed by atoms with Crippen molar-refractivity contribution in [1.29, 1.82) is 0 Å². The number of allylic oxidation sites excluding steroid dienone is 1. The molecule has 2 fully saturated rings. The van der Waals surface area contributed by atoms with Crippen LogP contribution in [-0.4, -0.2) is 46.1 Å². The Kier molecular flexibility index (Phi) is 6.05. The van der Waals surface area contributed by atoms with Crippen LogP contribution in [0.15, 0.2) is 60.7 Å². The second-order valence-corrected chi connectivity index (χ2v) is 8.79. The van der Waals surface area contributed by atoms with Crippen LogP contribution < -0.4 is 5.32 Å². The van der Waals surface area contributed by atoms with Gasteiger partial charge in [0, 0.05) is 11.0 Å². The van der Waals surface area contributed by atoms with Gasteiger partial charge in [-0.3, -0.25) is 4.79 Å². The van der Waals surface area contributed by atoms with E-state index in [1.165, 1.54) is 24.3 Å². The van der Waals surface area contributed by atoms with E-state index in [9.17, 15) is 24.6 Å². The van der Waals surface area contributed by atoms with Gasteiger partial charge in [0.2, 0.25) is 0 Å². The molecule has 1 heterocycles. The number of ether oxygens (including phenoxy) is 1. The molecule has 1 aliphatic heterocycles. The first-order chi connectivity index (χ1) is 15.7. The molecule has 4 unspecified atom stereocenters. The van der Waals surface area contributed by atoms with E-state index in [-0.39, 0.29) is 17.0 Å². The smallest absolute Gasteiger partial charge is 0.335 e. The fourth-order valence-electron chi connectivity index (χ4n) is 4.89. The average Bonchev–Trinajstić information content (AvgIpc) is 3.25. The number of carboxylic acids is 2. The monoisotopic (exact) mass is 451 g/mol. The number of fused-ring (bicyclic) bond motifs is 1. The number of aliphatic carboxylic acids is 1. The Bertz CT molecular complexity index is 1090. The largest absolute Gasteiger partial charge is 0.479 e. The molecule has 0 aromatic heterocycles. The molecule has 8 nitrogen and oxygen atoms in total. The van der Waals surface area contributed by atoms with Crippen LogP contribution in [0, 0.1) is 11.3 Å². The molecule has 1 saturated carbocycles. The highest BCUT2D eigenvalue weighted by Crippen LogP contribution is 2.54. The predicted molar refractivity (Wildman–Crippen MR) is 118 cm³/mol. The summed E-state index contributed by atoms with van der Waals surface area (Å²) in [6, 6.07) is 10.8. The number of amides is 1. The minimum atomic E-state index is -1.32. The molecule has 0 radical (unpaired) electrons. The van der Waals surface area contributed by atoms with Crippen LogP contribution in [0.1, 0.15) is 50.7 Å². The SMILES string of the molecule is C=C1CC2COC(O)C2(Cc2ccc(C(=O)NC(C(=O)O)c3ccc(C(=O)O)cc3)cc2)C1. The summed E-state index contributed by atoms with van der Waals surface area (Å²) in [5, 5.41) is 31.5. The highest BCUT2D eigenvalue weighted by molar-refractivity contribution is 5.97. The number of aliphatic hydroxyl groups is 1. The molecule has 0 spiro atoms. The zero-order valence-corrected chi connectivity index (χ0v) is 17.9. The first-order valence-electron chi connectivity index (χ1n) is 10.6. The van der Waals surface area contributed by atoms with Gasteiger partial charge in [-0.15, -0.1) is 0 Å². The quantitative estimate of drug-likeness (QED) is 0.476. The molecular formula is C25H25NO7. The number of aliphatic hydroxyl groups excluding tert-OH is 1. The maximum atomic E-state index is 12.7. The van der Waals surface area contributed by atoms with Gasteiger partial charge in [0.05, 0.1) is 12.2 Å². The maximum Gasteiger partial charge on any atom is 0.335 e. The zero-order valence-electron chi connectivity index (χ0n) is 17.9. The Balaban J connectivity index is 1.47. The van der Waals surface area contributed by atoms with Gasteiger partial charge in [0.25, 0.3) is 5.91 Å². The molecule has 8 heteroatoms. The number of aromatic carboxylic acids is 1. The predicted octanol–water partition coefficient (Wildman–Crippen LogP) is 2.78. The number of hydrogen-bond acceptors (Lipinski definition) is 5. The maximum absolute atomic E-state index is 12.7. The third-order valence-corrected chi connectivity index (χ3v) is 6.64. The summed E-state index contributed by atoms with van der Waals surface area (Å²) in [5.41, 5.74) is 2.22. The topological polar surface area (TPSA) is 133 Å². The van der Waals surface area contributed by atoms with Crippen molar-refractivity contribution in [2.24, 2.45) is 11.3 Å². The van der Waals surface area contributed by atoms with E-state index >= 15 is 0 Å². The van der Waals surface area contributed by atoms with E-state index in [0.29, 0.717) is 25.0 Å². The first kappa shape index (κ1) is 22.7. The van der Waals surface area contributed by atoms with Crippen LogP contribution >= 0.6 is 0 Å².